The Kier molecular flexibility index (Phi) is 5.22. The summed E-state index contributed by atoms with van der Waals surface area (Å²) in [7, 11) is -3.36. The van der Waals surface area contributed by atoms with Gasteiger partial charge in [-0.2, -0.15) is 0 Å². The molecule has 0 aliphatic carbocycles. The van der Waals surface area contributed by atoms with Crippen molar-refractivity contribution in [1.82, 2.24) is 15.3 Å². The number of carbonyl (C=O) groups excluding carboxylic acids is 1. The van der Waals surface area contributed by atoms with Crippen molar-refractivity contribution in [3.05, 3.63) is 47.8 Å². The van der Waals surface area contributed by atoms with Crippen molar-refractivity contribution in [3.8, 4) is 0 Å². The quantitative estimate of drug-likeness (QED) is 0.874. The minimum absolute atomic E-state index is 0.0404. The summed E-state index contributed by atoms with van der Waals surface area (Å²) < 4.78 is 23.5. The third-order valence-corrected chi connectivity index (χ3v) is 5.58. The van der Waals surface area contributed by atoms with Crippen LogP contribution < -0.4 is 10.2 Å². The molecule has 1 fully saturated rings. The van der Waals surface area contributed by atoms with Gasteiger partial charge in [0.15, 0.2) is 9.84 Å². The highest BCUT2D eigenvalue weighted by atomic mass is 32.2. The summed E-state index contributed by atoms with van der Waals surface area (Å²) >= 11 is 0. The van der Waals surface area contributed by atoms with Crippen molar-refractivity contribution in [2.24, 2.45) is 0 Å². The number of piperidine rings is 1. The van der Waals surface area contributed by atoms with Gasteiger partial charge in [-0.15, -0.1) is 0 Å². The molecular formula is C18H22N4O3S. The second-order valence-corrected chi connectivity index (χ2v) is 8.57. The zero-order valence-electron chi connectivity index (χ0n) is 14.8. The number of aryl methyl sites for hydroxylation is 1. The third-order valence-electron chi connectivity index (χ3n) is 4.47. The summed E-state index contributed by atoms with van der Waals surface area (Å²) in [6, 6.07) is 6.36. The Hall–Kier alpha value is -2.48. The average molecular weight is 374 g/mol. The van der Waals surface area contributed by atoms with Gasteiger partial charge in [0.2, 0.25) is 5.95 Å². The number of sulfone groups is 1. The summed E-state index contributed by atoms with van der Waals surface area (Å²) in [6.45, 7) is 3.27. The lowest BCUT2D eigenvalue weighted by molar-refractivity contribution is 0.0932. The van der Waals surface area contributed by atoms with Crippen molar-refractivity contribution in [2.45, 2.75) is 30.7 Å². The van der Waals surface area contributed by atoms with Gasteiger partial charge in [0.05, 0.1) is 4.90 Å². The van der Waals surface area contributed by atoms with E-state index in [1.807, 2.05) is 4.90 Å². The van der Waals surface area contributed by atoms with E-state index in [0.29, 0.717) is 18.1 Å². The molecule has 3 rings (SSSR count). The maximum Gasteiger partial charge on any atom is 0.251 e. The van der Waals surface area contributed by atoms with Crippen molar-refractivity contribution in [2.75, 3.05) is 24.2 Å². The van der Waals surface area contributed by atoms with Gasteiger partial charge < -0.3 is 10.2 Å². The molecule has 2 aromatic rings. The monoisotopic (exact) mass is 374 g/mol. The number of rotatable bonds is 4. The zero-order chi connectivity index (χ0) is 18.7. The lowest BCUT2D eigenvalue weighted by atomic mass is 10.0. The van der Waals surface area contributed by atoms with Crippen LogP contribution in [0.3, 0.4) is 0 Å². The Morgan fingerprint density at radius 2 is 2.00 bits per heavy atom. The van der Waals surface area contributed by atoms with E-state index < -0.39 is 9.84 Å². The van der Waals surface area contributed by atoms with Crippen molar-refractivity contribution >= 4 is 21.7 Å². The smallest absolute Gasteiger partial charge is 0.251 e. The summed E-state index contributed by atoms with van der Waals surface area (Å²) in [5, 5.41) is 3.02. The van der Waals surface area contributed by atoms with Gasteiger partial charge in [0, 0.05) is 43.3 Å². The SMILES string of the molecule is Cc1ccc(S(C)(=O)=O)cc1C(=O)NC1CCCN(c2ncccn2)C1. The Bertz CT molecular complexity index is 900. The van der Waals surface area contributed by atoms with Crippen molar-refractivity contribution in [3.63, 3.8) is 0 Å². The highest BCUT2D eigenvalue weighted by Gasteiger charge is 2.24. The van der Waals surface area contributed by atoms with E-state index >= 15 is 0 Å². The first-order chi connectivity index (χ1) is 12.3. The zero-order valence-corrected chi connectivity index (χ0v) is 15.7. The van der Waals surface area contributed by atoms with Crippen LogP contribution in [0.2, 0.25) is 0 Å². The largest absolute Gasteiger partial charge is 0.348 e. The number of anilines is 1. The van der Waals surface area contributed by atoms with Crippen molar-refractivity contribution in [1.29, 1.82) is 0 Å². The first kappa shape index (κ1) is 18.3. The predicted molar refractivity (Wildman–Crippen MR) is 99.0 cm³/mol. The second-order valence-electron chi connectivity index (χ2n) is 6.56. The normalized spacial score (nSPS) is 17.8. The molecule has 7 nitrogen and oxygen atoms in total. The van der Waals surface area contributed by atoms with Gasteiger partial charge in [-0.05, 0) is 43.5 Å². The van der Waals surface area contributed by atoms with E-state index in [2.05, 4.69) is 15.3 Å². The molecule has 1 N–H and O–H groups in total. The Balaban J connectivity index is 1.74. The van der Waals surface area contributed by atoms with E-state index in [1.54, 1.807) is 31.5 Å². The molecule has 1 amide bonds. The van der Waals surface area contributed by atoms with Crippen LogP contribution in [0.5, 0.6) is 0 Å². The molecule has 0 spiro atoms. The van der Waals surface area contributed by atoms with Gasteiger partial charge in [-0.1, -0.05) is 6.07 Å². The van der Waals surface area contributed by atoms with E-state index in [1.165, 1.54) is 12.1 Å². The van der Waals surface area contributed by atoms with Gasteiger partial charge in [0.25, 0.3) is 5.91 Å². The summed E-state index contributed by atoms with van der Waals surface area (Å²) in [4.78, 5) is 23.4. The minimum atomic E-state index is -3.36. The standard InChI is InChI=1S/C18H22N4O3S/c1-13-6-7-15(26(2,24)25)11-16(13)17(23)21-14-5-3-10-22(12-14)18-19-8-4-9-20-18/h4,6-9,11,14H,3,5,10,12H2,1-2H3,(H,21,23). The molecule has 0 saturated carbocycles. The fourth-order valence-electron chi connectivity index (χ4n) is 3.07. The molecule has 138 valence electrons. The molecule has 1 aliphatic rings. The highest BCUT2D eigenvalue weighted by Crippen LogP contribution is 2.18. The first-order valence-corrected chi connectivity index (χ1v) is 10.4. The van der Waals surface area contributed by atoms with Gasteiger partial charge in [0.1, 0.15) is 0 Å². The molecule has 1 unspecified atom stereocenters. The van der Waals surface area contributed by atoms with Gasteiger partial charge in [-0.25, -0.2) is 18.4 Å². The molecule has 2 heterocycles. The number of carbonyl (C=O) groups is 1. The summed E-state index contributed by atoms with van der Waals surface area (Å²) in [6.07, 6.45) is 6.32. The molecule has 1 saturated heterocycles. The molecule has 1 aromatic carbocycles. The molecule has 8 heteroatoms. The number of nitrogens with zero attached hydrogens (tertiary/aromatic N) is 3. The molecule has 26 heavy (non-hydrogen) atoms. The van der Waals surface area contributed by atoms with Crippen LogP contribution in [-0.4, -0.2) is 49.7 Å². The molecule has 1 aliphatic heterocycles. The minimum Gasteiger partial charge on any atom is -0.348 e. The number of benzene rings is 1. The number of hydrogen-bond acceptors (Lipinski definition) is 6. The van der Waals surface area contributed by atoms with Crippen LogP contribution in [0.25, 0.3) is 0 Å². The van der Waals surface area contributed by atoms with Crippen LogP contribution in [0.1, 0.15) is 28.8 Å². The van der Waals surface area contributed by atoms with Crippen LogP contribution in [-0.2, 0) is 9.84 Å². The fourth-order valence-corrected chi connectivity index (χ4v) is 3.72. The van der Waals surface area contributed by atoms with Crippen LogP contribution in [0.15, 0.2) is 41.6 Å². The predicted octanol–water partition coefficient (Wildman–Crippen LogP) is 1.59. The summed E-state index contributed by atoms with van der Waals surface area (Å²) in [5.41, 5.74) is 1.13. The van der Waals surface area contributed by atoms with Gasteiger partial charge >= 0.3 is 0 Å². The molecule has 1 atom stereocenters. The topological polar surface area (TPSA) is 92.3 Å². The van der Waals surface area contributed by atoms with E-state index in [4.69, 9.17) is 0 Å². The fraction of sp³-hybridized carbons (Fsp3) is 0.389. The van der Waals surface area contributed by atoms with Gasteiger partial charge in [-0.3, -0.25) is 4.79 Å². The Morgan fingerprint density at radius 3 is 2.69 bits per heavy atom. The third kappa shape index (κ3) is 4.19. The maximum absolute atomic E-state index is 12.7. The summed E-state index contributed by atoms with van der Waals surface area (Å²) in [5.74, 6) is 0.399. The average Bonchev–Trinajstić information content (AvgIpc) is 2.62. The molecule has 0 bridgehead atoms. The molecule has 0 radical (unpaired) electrons. The van der Waals surface area contributed by atoms with Crippen molar-refractivity contribution < 1.29 is 13.2 Å². The van der Waals surface area contributed by atoms with Crippen LogP contribution >= 0.6 is 0 Å². The maximum atomic E-state index is 12.7. The lowest BCUT2D eigenvalue weighted by Crippen LogP contribution is -2.48. The van der Waals surface area contributed by atoms with E-state index in [-0.39, 0.29) is 16.8 Å². The van der Waals surface area contributed by atoms with Crippen LogP contribution in [0.4, 0.5) is 5.95 Å². The molecular weight excluding hydrogens is 352 g/mol. The van der Waals surface area contributed by atoms with Crippen LogP contribution in [0, 0.1) is 6.92 Å². The van der Waals surface area contributed by atoms with E-state index in [9.17, 15) is 13.2 Å². The lowest BCUT2D eigenvalue weighted by Gasteiger charge is -2.33. The Labute approximate surface area is 153 Å². The molecule has 1 aromatic heterocycles. The van der Waals surface area contributed by atoms with E-state index in [0.717, 1.165) is 31.2 Å². The Morgan fingerprint density at radius 1 is 1.27 bits per heavy atom. The number of nitrogens with one attached hydrogen (secondary N) is 1. The first-order valence-electron chi connectivity index (χ1n) is 8.48. The second kappa shape index (κ2) is 7.41. The highest BCUT2D eigenvalue weighted by molar-refractivity contribution is 7.90. The number of aromatic nitrogens is 2. The number of hydrogen-bond donors (Lipinski definition) is 1. The number of amides is 1.